The third-order valence-electron chi connectivity index (χ3n) is 4.10. The Labute approximate surface area is 124 Å². The van der Waals surface area contributed by atoms with E-state index in [4.69, 9.17) is 0 Å². The summed E-state index contributed by atoms with van der Waals surface area (Å²) in [6, 6.07) is 8.92. The van der Waals surface area contributed by atoms with Crippen molar-refractivity contribution in [3.63, 3.8) is 0 Å². The molecule has 0 spiro atoms. The van der Waals surface area contributed by atoms with Crippen LogP contribution < -0.4 is 10.2 Å². The zero-order chi connectivity index (χ0) is 14.4. The number of benzene rings is 1. The molecule has 0 amide bonds. The second kappa shape index (κ2) is 7.53. The Morgan fingerprint density at radius 1 is 1.05 bits per heavy atom. The average Bonchev–Trinajstić information content (AvgIpc) is 2.48. The highest BCUT2D eigenvalue weighted by atomic mass is 15.3. The Morgan fingerprint density at radius 3 is 2.25 bits per heavy atom. The molecule has 2 rings (SSSR count). The number of hydrogen-bond acceptors (Lipinski definition) is 3. The van der Waals surface area contributed by atoms with Crippen LogP contribution in [0.2, 0.25) is 0 Å². The van der Waals surface area contributed by atoms with Gasteiger partial charge in [-0.1, -0.05) is 20.8 Å². The number of hydrogen-bond donors (Lipinski definition) is 1. The molecule has 1 N–H and O–H groups in total. The van der Waals surface area contributed by atoms with E-state index in [1.54, 1.807) is 0 Å². The molecule has 0 aliphatic carbocycles. The molecule has 0 radical (unpaired) electrons. The van der Waals surface area contributed by atoms with Gasteiger partial charge >= 0.3 is 0 Å². The molecular weight excluding hydrogens is 246 g/mol. The fourth-order valence-electron chi connectivity index (χ4n) is 2.62. The van der Waals surface area contributed by atoms with Crippen LogP contribution in [0.1, 0.15) is 27.2 Å². The number of piperazine rings is 1. The van der Waals surface area contributed by atoms with Crippen molar-refractivity contribution in [2.75, 3.05) is 49.5 Å². The number of rotatable bonds is 6. The van der Waals surface area contributed by atoms with Gasteiger partial charge in [0.15, 0.2) is 0 Å². The number of likely N-dealkylation sites (N-methyl/N-ethyl adjacent to an activating group) is 1. The van der Waals surface area contributed by atoms with Gasteiger partial charge in [-0.15, -0.1) is 0 Å². The van der Waals surface area contributed by atoms with Crippen molar-refractivity contribution in [2.24, 2.45) is 5.92 Å². The maximum Gasteiger partial charge on any atom is 0.0368 e. The molecule has 1 saturated heterocycles. The van der Waals surface area contributed by atoms with Gasteiger partial charge in [0.2, 0.25) is 0 Å². The highest BCUT2D eigenvalue weighted by Crippen LogP contribution is 2.19. The number of nitrogens with one attached hydrogen (secondary N) is 1. The minimum absolute atomic E-state index is 0.761. The van der Waals surface area contributed by atoms with Gasteiger partial charge in [0, 0.05) is 44.1 Å². The highest BCUT2D eigenvalue weighted by Gasteiger charge is 2.15. The molecular formula is C17H29N3. The Hall–Kier alpha value is -1.22. The molecule has 3 heteroatoms. The van der Waals surface area contributed by atoms with Crippen LogP contribution in [-0.2, 0) is 0 Å². The van der Waals surface area contributed by atoms with Gasteiger partial charge in [0.1, 0.15) is 0 Å². The number of anilines is 2. The quantitative estimate of drug-likeness (QED) is 0.859. The van der Waals surface area contributed by atoms with E-state index in [2.05, 4.69) is 60.2 Å². The first kappa shape index (κ1) is 15.2. The van der Waals surface area contributed by atoms with E-state index in [1.807, 2.05) is 0 Å². The maximum atomic E-state index is 3.50. The molecule has 0 saturated carbocycles. The minimum atomic E-state index is 0.761. The monoisotopic (exact) mass is 275 g/mol. The maximum absolute atomic E-state index is 3.50. The average molecular weight is 275 g/mol. The van der Waals surface area contributed by atoms with Crippen LogP contribution >= 0.6 is 0 Å². The first-order valence-electron chi connectivity index (χ1n) is 8.00. The normalized spacial score (nSPS) is 16.7. The van der Waals surface area contributed by atoms with Crippen LogP contribution in [0.3, 0.4) is 0 Å². The molecule has 1 aromatic rings. The van der Waals surface area contributed by atoms with E-state index in [1.165, 1.54) is 37.4 Å². The van der Waals surface area contributed by atoms with Crippen LogP contribution in [-0.4, -0.2) is 44.2 Å². The second-order valence-electron chi connectivity index (χ2n) is 6.08. The van der Waals surface area contributed by atoms with Crippen molar-refractivity contribution in [1.29, 1.82) is 0 Å². The fraction of sp³-hybridized carbons (Fsp3) is 0.647. The molecule has 1 aliphatic rings. The van der Waals surface area contributed by atoms with Crippen molar-refractivity contribution in [3.05, 3.63) is 24.3 Å². The van der Waals surface area contributed by atoms with Gasteiger partial charge in [-0.3, -0.25) is 0 Å². The summed E-state index contributed by atoms with van der Waals surface area (Å²) < 4.78 is 0. The molecule has 20 heavy (non-hydrogen) atoms. The zero-order valence-corrected chi connectivity index (χ0v) is 13.2. The molecule has 1 aromatic carbocycles. The van der Waals surface area contributed by atoms with Gasteiger partial charge in [0.05, 0.1) is 0 Å². The van der Waals surface area contributed by atoms with Crippen molar-refractivity contribution in [2.45, 2.75) is 27.2 Å². The summed E-state index contributed by atoms with van der Waals surface area (Å²) in [7, 11) is 0. The topological polar surface area (TPSA) is 18.5 Å². The van der Waals surface area contributed by atoms with Crippen LogP contribution in [0.25, 0.3) is 0 Å². The molecule has 0 atom stereocenters. The van der Waals surface area contributed by atoms with Crippen molar-refractivity contribution >= 4 is 11.4 Å². The van der Waals surface area contributed by atoms with Crippen molar-refractivity contribution < 1.29 is 0 Å². The van der Waals surface area contributed by atoms with Gasteiger partial charge in [-0.2, -0.15) is 0 Å². The third kappa shape index (κ3) is 4.41. The molecule has 1 fully saturated rings. The summed E-state index contributed by atoms with van der Waals surface area (Å²) in [6.45, 7) is 13.7. The van der Waals surface area contributed by atoms with E-state index < -0.39 is 0 Å². The predicted molar refractivity (Wildman–Crippen MR) is 88.7 cm³/mol. The van der Waals surface area contributed by atoms with E-state index in [-0.39, 0.29) is 0 Å². The lowest BCUT2D eigenvalue weighted by atomic mass is 10.1. The van der Waals surface area contributed by atoms with E-state index >= 15 is 0 Å². The van der Waals surface area contributed by atoms with Crippen LogP contribution in [0.4, 0.5) is 11.4 Å². The predicted octanol–water partition coefficient (Wildman–Crippen LogP) is 3.29. The molecule has 0 bridgehead atoms. The fourth-order valence-corrected chi connectivity index (χ4v) is 2.62. The van der Waals surface area contributed by atoms with Gasteiger partial charge < -0.3 is 15.1 Å². The van der Waals surface area contributed by atoms with Crippen molar-refractivity contribution in [1.82, 2.24) is 4.90 Å². The first-order chi connectivity index (χ1) is 9.69. The largest absolute Gasteiger partial charge is 0.385 e. The number of nitrogens with zero attached hydrogens (tertiary/aromatic N) is 2. The van der Waals surface area contributed by atoms with Crippen molar-refractivity contribution in [3.8, 4) is 0 Å². The summed E-state index contributed by atoms with van der Waals surface area (Å²) in [5, 5.41) is 3.50. The Balaban J connectivity index is 1.82. The van der Waals surface area contributed by atoms with Gasteiger partial charge in [0.25, 0.3) is 0 Å². The third-order valence-corrected chi connectivity index (χ3v) is 4.10. The smallest absolute Gasteiger partial charge is 0.0368 e. The summed E-state index contributed by atoms with van der Waals surface area (Å²) in [5.41, 5.74) is 2.59. The van der Waals surface area contributed by atoms with Gasteiger partial charge in [-0.25, -0.2) is 0 Å². The highest BCUT2D eigenvalue weighted by molar-refractivity contribution is 5.55. The summed E-state index contributed by atoms with van der Waals surface area (Å²) in [5.74, 6) is 0.761. The molecule has 0 unspecified atom stereocenters. The van der Waals surface area contributed by atoms with E-state index in [0.29, 0.717) is 0 Å². The zero-order valence-electron chi connectivity index (χ0n) is 13.2. The molecule has 1 aliphatic heterocycles. The van der Waals surface area contributed by atoms with Crippen LogP contribution in [0.5, 0.6) is 0 Å². The Kier molecular flexibility index (Phi) is 5.72. The molecule has 3 nitrogen and oxygen atoms in total. The van der Waals surface area contributed by atoms with Crippen LogP contribution in [0, 0.1) is 5.92 Å². The Morgan fingerprint density at radius 2 is 1.70 bits per heavy atom. The Bertz CT molecular complexity index is 378. The molecule has 0 aromatic heterocycles. The summed E-state index contributed by atoms with van der Waals surface area (Å²) in [6.07, 6.45) is 1.22. The lowest BCUT2D eigenvalue weighted by Gasteiger charge is -2.35. The summed E-state index contributed by atoms with van der Waals surface area (Å²) >= 11 is 0. The minimum Gasteiger partial charge on any atom is -0.385 e. The first-order valence-corrected chi connectivity index (χ1v) is 8.00. The molecule has 1 heterocycles. The van der Waals surface area contributed by atoms with Crippen LogP contribution in [0.15, 0.2) is 24.3 Å². The summed E-state index contributed by atoms with van der Waals surface area (Å²) in [4.78, 5) is 5.00. The lowest BCUT2D eigenvalue weighted by molar-refractivity contribution is 0.271. The van der Waals surface area contributed by atoms with Gasteiger partial charge in [-0.05, 0) is 43.1 Å². The molecule has 112 valence electrons. The standard InChI is InChI=1S/C17H29N3/c1-4-19-11-13-20(14-12-19)17-7-5-16(6-8-17)18-10-9-15(2)3/h5-8,15,18H,4,9-14H2,1-3H3. The SMILES string of the molecule is CCN1CCN(c2ccc(NCCC(C)C)cc2)CC1. The van der Waals surface area contributed by atoms with E-state index in [9.17, 15) is 0 Å². The lowest BCUT2D eigenvalue weighted by Crippen LogP contribution is -2.46. The second-order valence-corrected chi connectivity index (χ2v) is 6.08. The van der Waals surface area contributed by atoms with E-state index in [0.717, 1.165) is 25.6 Å².